The first-order valence-electron chi connectivity index (χ1n) is 8.86. The number of amides is 1. The molecule has 1 heterocycles. The van der Waals surface area contributed by atoms with E-state index in [1.807, 2.05) is 4.90 Å². The van der Waals surface area contributed by atoms with Crippen LogP contribution in [0.25, 0.3) is 0 Å². The van der Waals surface area contributed by atoms with Crippen molar-refractivity contribution in [2.75, 3.05) is 31.1 Å². The van der Waals surface area contributed by atoms with Gasteiger partial charge in [-0.05, 0) is 43.7 Å². The SMILES string of the molecule is CC1CCN(c2ccc(C(=O)NCC3(CO)CC3)cc2[N+](=O)[O-])CC1. The molecule has 0 bridgehead atoms. The third-order valence-corrected chi connectivity index (χ3v) is 5.48. The number of anilines is 1. The van der Waals surface area contributed by atoms with Gasteiger partial charge in [0.1, 0.15) is 5.69 Å². The summed E-state index contributed by atoms with van der Waals surface area (Å²) in [7, 11) is 0. The number of aliphatic hydroxyl groups is 1. The lowest BCUT2D eigenvalue weighted by Gasteiger charge is -2.31. The summed E-state index contributed by atoms with van der Waals surface area (Å²) in [6, 6.07) is 4.69. The number of nitrogens with one attached hydrogen (secondary N) is 1. The average Bonchev–Trinajstić information content (AvgIpc) is 3.40. The van der Waals surface area contributed by atoms with Crippen LogP contribution in [0, 0.1) is 21.4 Å². The fourth-order valence-electron chi connectivity index (χ4n) is 3.27. The van der Waals surface area contributed by atoms with Crippen molar-refractivity contribution in [3.8, 4) is 0 Å². The van der Waals surface area contributed by atoms with Gasteiger partial charge in [-0.1, -0.05) is 6.92 Å². The van der Waals surface area contributed by atoms with Crippen LogP contribution in [0.4, 0.5) is 11.4 Å². The highest BCUT2D eigenvalue weighted by molar-refractivity contribution is 5.95. The highest BCUT2D eigenvalue weighted by Crippen LogP contribution is 2.44. The van der Waals surface area contributed by atoms with Crippen LogP contribution >= 0.6 is 0 Å². The molecule has 0 unspecified atom stereocenters. The van der Waals surface area contributed by atoms with Crippen LogP contribution in [0.2, 0.25) is 0 Å². The Morgan fingerprint density at radius 1 is 1.40 bits per heavy atom. The van der Waals surface area contributed by atoms with Crippen LogP contribution in [0.5, 0.6) is 0 Å². The van der Waals surface area contributed by atoms with Gasteiger partial charge in [0.05, 0.1) is 11.5 Å². The van der Waals surface area contributed by atoms with Gasteiger partial charge >= 0.3 is 0 Å². The lowest BCUT2D eigenvalue weighted by molar-refractivity contribution is -0.384. The molecule has 2 fully saturated rings. The first-order valence-corrected chi connectivity index (χ1v) is 8.86. The van der Waals surface area contributed by atoms with E-state index in [9.17, 15) is 20.0 Å². The first kappa shape index (κ1) is 17.7. The molecule has 25 heavy (non-hydrogen) atoms. The minimum atomic E-state index is -0.416. The van der Waals surface area contributed by atoms with Crippen LogP contribution in [0.1, 0.15) is 43.0 Å². The molecule has 2 N–H and O–H groups in total. The molecule has 7 heteroatoms. The van der Waals surface area contributed by atoms with Crippen molar-refractivity contribution in [1.82, 2.24) is 5.32 Å². The summed E-state index contributed by atoms with van der Waals surface area (Å²) in [4.78, 5) is 25.4. The molecule has 1 aromatic carbocycles. The minimum absolute atomic E-state index is 0.0227. The maximum Gasteiger partial charge on any atom is 0.293 e. The summed E-state index contributed by atoms with van der Waals surface area (Å²) >= 11 is 0. The molecule has 3 rings (SSSR count). The van der Waals surface area contributed by atoms with Gasteiger partial charge in [-0.15, -0.1) is 0 Å². The molecule has 0 radical (unpaired) electrons. The lowest BCUT2D eigenvalue weighted by Crippen LogP contribution is -2.34. The van der Waals surface area contributed by atoms with Gasteiger partial charge in [0.15, 0.2) is 0 Å². The summed E-state index contributed by atoms with van der Waals surface area (Å²) in [6.07, 6.45) is 3.83. The molecular formula is C18H25N3O4. The number of nitro groups is 1. The molecule has 0 atom stereocenters. The van der Waals surface area contributed by atoms with Crippen molar-refractivity contribution in [2.24, 2.45) is 11.3 Å². The minimum Gasteiger partial charge on any atom is -0.396 e. The van der Waals surface area contributed by atoms with E-state index in [-0.39, 0.29) is 29.2 Å². The van der Waals surface area contributed by atoms with E-state index < -0.39 is 4.92 Å². The van der Waals surface area contributed by atoms with Gasteiger partial charge in [-0.25, -0.2) is 0 Å². The maximum atomic E-state index is 12.3. The van der Waals surface area contributed by atoms with Crippen molar-refractivity contribution >= 4 is 17.3 Å². The summed E-state index contributed by atoms with van der Waals surface area (Å²) in [5, 5.41) is 23.6. The smallest absolute Gasteiger partial charge is 0.293 e. The molecule has 1 saturated heterocycles. The van der Waals surface area contributed by atoms with Crippen molar-refractivity contribution < 1.29 is 14.8 Å². The number of nitro benzene ring substituents is 1. The van der Waals surface area contributed by atoms with Crippen LogP contribution in [0.3, 0.4) is 0 Å². The maximum absolute atomic E-state index is 12.3. The van der Waals surface area contributed by atoms with Gasteiger partial charge in [0.2, 0.25) is 0 Å². The van der Waals surface area contributed by atoms with E-state index in [1.54, 1.807) is 12.1 Å². The van der Waals surface area contributed by atoms with Gasteiger partial charge in [0.25, 0.3) is 11.6 Å². The summed E-state index contributed by atoms with van der Waals surface area (Å²) in [6.45, 7) is 4.25. The van der Waals surface area contributed by atoms with E-state index in [0.717, 1.165) is 38.8 Å². The Morgan fingerprint density at radius 3 is 2.64 bits per heavy atom. The second-order valence-corrected chi connectivity index (χ2v) is 7.47. The van der Waals surface area contributed by atoms with Gasteiger partial charge < -0.3 is 15.3 Å². The highest BCUT2D eigenvalue weighted by atomic mass is 16.6. The number of rotatable bonds is 6. The lowest BCUT2D eigenvalue weighted by atomic mass is 9.98. The van der Waals surface area contributed by atoms with Crippen LogP contribution < -0.4 is 10.2 Å². The second kappa shape index (κ2) is 7.00. The standard InChI is InChI=1S/C18H25N3O4/c1-13-4-8-20(9-5-13)15-3-2-14(10-16(15)21(24)25)17(23)19-11-18(12-22)6-7-18/h2-3,10,13,22H,4-9,11-12H2,1H3,(H,19,23). The molecule has 0 aromatic heterocycles. The molecule has 2 aliphatic rings. The summed E-state index contributed by atoms with van der Waals surface area (Å²) < 4.78 is 0. The number of carbonyl (C=O) groups excluding carboxylic acids is 1. The van der Waals surface area contributed by atoms with E-state index in [2.05, 4.69) is 12.2 Å². The Hall–Kier alpha value is -2.15. The predicted molar refractivity (Wildman–Crippen MR) is 94.8 cm³/mol. The number of hydrogen-bond acceptors (Lipinski definition) is 5. The third-order valence-electron chi connectivity index (χ3n) is 5.48. The quantitative estimate of drug-likeness (QED) is 0.608. The van der Waals surface area contributed by atoms with E-state index in [4.69, 9.17) is 0 Å². The number of aliphatic hydroxyl groups excluding tert-OH is 1. The molecule has 1 aliphatic carbocycles. The molecule has 136 valence electrons. The molecule has 1 aliphatic heterocycles. The molecule has 1 amide bonds. The van der Waals surface area contributed by atoms with E-state index in [1.165, 1.54) is 6.07 Å². The fourth-order valence-corrected chi connectivity index (χ4v) is 3.27. The monoisotopic (exact) mass is 347 g/mol. The van der Waals surface area contributed by atoms with Gasteiger partial charge in [-0.2, -0.15) is 0 Å². The Balaban J connectivity index is 1.74. The van der Waals surface area contributed by atoms with Gasteiger partial charge in [-0.3, -0.25) is 14.9 Å². The average molecular weight is 347 g/mol. The van der Waals surface area contributed by atoms with Crippen molar-refractivity contribution in [3.05, 3.63) is 33.9 Å². The summed E-state index contributed by atoms with van der Waals surface area (Å²) in [5.74, 6) is 0.309. The highest BCUT2D eigenvalue weighted by Gasteiger charge is 2.42. The second-order valence-electron chi connectivity index (χ2n) is 7.47. The summed E-state index contributed by atoms with van der Waals surface area (Å²) in [5.41, 5.74) is 0.661. The van der Waals surface area contributed by atoms with Crippen molar-refractivity contribution in [1.29, 1.82) is 0 Å². The van der Waals surface area contributed by atoms with Crippen LogP contribution in [-0.2, 0) is 0 Å². The van der Waals surface area contributed by atoms with Gasteiger partial charge in [0, 0.05) is 36.7 Å². The van der Waals surface area contributed by atoms with Crippen molar-refractivity contribution in [2.45, 2.75) is 32.6 Å². The van der Waals surface area contributed by atoms with E-state index in [0.29, 0.717) is 18.2 Å². The Kier molecular flexibility index (Phi) is 4.94. The third kappa shape index (κ3) is 3.92. The Bertz CT molecular complexity index is 664. The Morgan fingerprint density at radius 2 is 2.08 bits per heavy atom. The van der Waals surface area contributed by atoms with E-state index >= 15 is 0 Å². The number of nitrogens with zero attached hydrogens (tertiary/aromatic N) is 2. The number of piperidine rings is 1. The zero-order chi connectivity index (χ0) is 18.0. The largest absolute Gasteiger partial charge is 0.396 e. The number of carbonyl (C=O) groups is 1. The van der Waals surface area contributed by atoms with Crippen LogP contribution in [0.15, 0.2) is 18.2 Å². The molecule has 1 aromatic rings. The van der Waals surface area contributed by atoms with Crippen LogP contribution in [-0.4, -0.2) is 42.2 Å². The first-order chi connectivity index (χ1) is 11.9. The zero-order valence-electron chi connectivity index (χ0n) is 14.5. The molecule has 0 spiro atoms. The fraction of sp³-hybridized carbons (Fsp3) is 0.611. The normalized spacial score (nSPS) is 19.5. The zero-order valence-corrected chi connectivity index (χ0v) is 14.5. The topological polar surface area (TPSA) is 95.7 Å². The number of hydrogen-bond donors (Lipinski definition) is 2. The molecular weight excluding hydrogens is 322 g/mol. The number of benzene rings is 1. The predicted octanol–water partition coefficient (Wildman–Crippen LogP) is 2.33. The molecule has 1 saturated carbocycles. The molecule has 7 nitrogen and oxygen atoms in total. The Labute approximate surface area is 147 Å². The van der Waals surface area contributed by atoms with Crippen molar-refractivity contribution in [3.63, 3.8) is 0 Å².